The zero-order chi connectivity index (χ0) is 16.8. The molecule has 0 aliphatic carbocycles. The predicted octanol–water partition coefficient (Wildman–Crippen LogP) is 4.26. The van der Waals surface area contributed by atoms with Gasteiger partial charge < -0.3 is 4.84 Å². The molecule has 1 aliphatic rings. The lowest BCUT2D eigenvalue weighted by molar-refractivity contribution is 0.0512. The van der Waals surface area contributed by atoms with Crippen LogP contribution in [0.5, 0.6) is 0 Å². The molecule has 0 N–H and O–H groups in total. The van der Waals surface area contributed by atoms with Crippen LogP contribution in [0.15, 0.2) is 64.2 Å². The summed E-state index contributed by atoms with van der Waals surface area (Å²) in [5.74, 6) is -0.415. The highest BCUT2D eigenvalue weighted by molar-refractivity contribution is 9.10. The molecule has 5 heteroatoms. The van der Waals surface area contributed by atoms with Crippen LogP contribution < -0.4 is 0 Å². The van der Waals surface area contributed by atoms with E-state index in [4.69, 9.17) is 4.84 Å². The average molecular weight is 387 g/mol. The molecule has 1 fully saturated rings. The van der Waals surface area contributed by atoms with E-state index in [9.17, 15) is 4.79 Å². The van der Waals surface area contributed by atoms with E-state index >= 15 is 0 Å². The van der Waals surface area contributed by atoms with E-state index in [1.807, 2.05) is 18.2 Å². The van der Waals surface area contributed by atoms with Crippen molar-refractivity contribution in [2.45, 2.75) is 19.4 Å². The van der Waals surface area contributed by atoms with Crippen LogP contribution in [0.1, 0.15) is 28.8 Å². The van der Waals surface area contributed by atoms with Crippen LogP contribution in [-0.2, 0) is 11.4 Å². The Morgan fingerprint density at radius 2 is 1.71 bits per heavy atom. The van der Waals surface area contributed by atoms with Crippen LogP contribution in [0.4, 0.5) is 0 Å². The Kier molecular flexibility index (Phi) is 5.77. The van der Waals surface area contributed by atoms with Crippen molar-refractivity contribution in [2.75, 3.05) is 13.1 Å². The number of hydrogen-bond donors (Lipinski definition) is 0. The van der Waals surface area contributed by atoms with Gasteiger partial charge in [-0.3, -0.25) is 4.90 Å². The molecule has 0 atom stereocenters. The molecule has 0 saturated carbocycles. The van der Waals surface area contributed by atoms with Gasteiger partial charge in [-0.05, 0) is 29.8 Å². The highest BCUT2D eigenvalue weighted by Crippen LogP contribution is 2.14. The molecule has 4 nitrogen and oxygen atoms in total. The molecular formula is C19H19BrN2O2. The third kappa shape index (κ3) is 4.76. The zero-order valence-corrected chi connectivity index (χ0v) is 14.9. The second-order valence-corrected chi connectivity index (χ2v) is 6.72. The van der Waals surface area contributed by atoms with Gasteiger partial charge in [-0.15, -0.1) is 0 Å². The molecule has 2 aromatic rings. The Balaban J connectivity index is 1.48. The molecular weight excluding hydrogens is 368 g/mol. The van der Waals surface area contributed by atoms with Crippen LogP contribution >= 0.6 is 15.9 Å². The number of benzene rings is 2. The molecule has 3 rings (SSSR count). The molecule has 1 heterocycles. The summed E-state index contributed by atoms with van der Waals surface area (Å²) in [4.78, 5) is 19.4. The number of oxime groups is 1. The Morgan fingerprint density at radius 3 is 2.38 bits per heavy atom. The first-order chi connectivity index (χ1) is 11.7. The minimum atomic E-state index is -0.415. The number of piperidine rings is 1. The predicted molar refractivity (Wildman–Crippen MR) is 97.9 cm³/mol. The fourth-order valence-corrected chi connectivity index (χ4v) is 2.91. The Hall–Kier alpha value is -1.98. The highest BCUT2D eigenvalue weighted by atomic mass is 79.9. The molecule has 0 aromatic heterocycles. The van der Waals surface area contributed by atoms with Crippen molar-refractivity contribution in [2.24, 2.45) is 5.16 Å². The lowest BCUT2D eigenvalue weighted by atomic mass is 10.1. The second kappa shape index (κ2) is 8.22. The molecule has 1 saturated heterocycles. The van der Waals surface area contributed by atoms with Gasteiger partial charge in [0, 0.05) is 36.9 Å². The van der Waals surface area contributed by atoms with Crippen LogP contribution in [0.25, 0.3) is 0 Å². The van der Waals surface area contributed by atoms with Crippen LogP contribution in [0, 0.1) is 0 Å². The van der Waals surface area contributed by atoms with Gasteiger partial charge in [0.2, 0.25) is 0 Å². The summed E-state index contributed by atoms with van der Waals surface area (Å²) in [6.07, 6.45) is 1.67. The number of rotatable bonds is 4. The number of hydrogen-bond acceptors (Lipinski definition) is 4. The molecule has 124 valence electrons. The molecule has 0 amide bonds. The minimum absolute atomic E-state index is 0.415. The van der Waals surface area contributed by atoms with Gasteiger partial charge in [-0.1, -0.05) is 51.4 Å². The van der Waals surface area contributed by atoms with E-state index in [0.29, 0.717) is 5.56 Å². The van der Waals surface area contributed by atoms with Gasteiger partial charge in [0.05, 0.1) is 11.3 Å². The average Bonchev–Trinajstić information content (AvgIpc) is 2.62. The minimum Gasteiger partial charge on any atom is -0.313 e. The van der Waals surface area contributed by atoms with Gasteiger partial charge in [0.15, 0.2) is 0 Å². The highest BCUT2D eigenvalue weighted by Gasteiger charge is 2.16. The normalized spacial score (nSPS) is 15.1. The maximum atomic E-state index is 11.9. The van der Waals surface area contributed by atoms with Gasteiger partial charge in [-0.25, -0.2) is 4.79 Å². The van der Waals surface area contributed by atoms with Crippen molar-refractivity contribution in [3.05, 3.63) is 70.2 Å². The first-order valence-electron chi connectivity index (χ1n) is 7.99. The summed E-state index contributed by atoms with van der Waals surface area (Å²) in [5, 5.41) is 4.05. The first-order valence-corrected chi connectivity index (χ1v) is 8.79. The van der Waals surface area contributed by atoms with E-state index in [1.54, 1.807) is 12.1 Å². The maximum absolute atomic E-state index is 11.9. The summed E-state index contributed by atoms with van der Waals surface area (Å²) in [5.41, 5.74) is 2.77. The zero-order valence-electron chi connectivity index (χ0n) is 13.3. The number of halogens is 1. The van der Waals surface area contributed by atoms with Crippen molar-refractivity contribution in [3.8, 4) is 0 Å². The van der Waals surface area contributed by atoms with Gasteiger partial charge in [0.25, 0.3) is 0 Å². The second-order valence-electron chi connectivity index (χ2n) is 5.80. The Bertz CT molecular complexity index is 704. The molecule has 1 aliphatic heterocycles. The summed E-state index contributed by atoms with van der Waals surface area (Å²) in [6.45, 7) is 2.82. The summed E-state index contributed by atoms with van der Waals surface area (Å²) in [6, 6.07) is 17.5. The number of carbonyl (C=O) groups excluding carboxylic acids is 1. The van der Waals surface area contributed by atoms with Crippen LogP contribution in [0.2, 0.25) is 0 Å². The van der Waals surface area contributed by atoms with E-state index < -0.39 is 5.97 Å². The van der Waals surface area contributed by atoms with Crippen molar-refractivity contribution in [1.82, 2.24) is 4.90 Å². The first kappa shape index (κ1) is 16.9. The van der Waals surface area contributed by atoms with Crippen LogP contribution in [-0.4, -0.2) is 29.7 Å². The standard InChI is InChI=1S/C19H19BrN2O2/c20-17-8-6-16(7-9-17)19(23)24-21-18-10-12-22(13-11-18)14-15-4-2-1-3-5-15/h1-9H,10-14H2. The van der Waals surface area contributed by atoms with Crippen LogP contribution in [0.3, 0.4) is 0 Å². The van der Waals surface area contributed by atoms with Gasteiger partial charge in [0.1, 0.15) is 0 Å². The lowest BCUT2D eigenvalue weighted by Gasteiger charge is -2.27. The number of carbonyl (C=O) groups is 1. The fraction of sp³-hybridized carbons (Fsp3) is 0.263. The number of likely N-dealkylation sites (tertiary alicyclic amines) is 1. The monoisotopic (exact) mass is 386 g/mol. The molecule has 24 heavy (non-hydrogen) atoms. The quantitative estimate of drug-likeness (QED) is 0.582. The van der Waals surface area contributed by atoms with Gasteiger partial charge >= 0.3 is 5.97 Å². The third-order valence-electron chi connectivity index (χ3n) is 4.02. The smallest absolute Gasteiger partial charge is 0.313 e. The summed E-state index contributed by atoms with van der Waals surface area (Å²) < 4.78 is 0.927. The number of nitrogens with zero attached hydrogens (tertiary/aromatic N) is 2. The topological polar surface area (TPSA) is 41.9 Å². The third-order valence-corrected chi connectivity index (χ3v) is 4.55. The Morgan fingerprint density at radius 1 is 1.04 bits per heavy atom. The van der Waals surface area contributed by atoms with Crippen molar-refractivity contribution >= 4 is 27.6 Å². The summed E-state index contributed by atoms with van der Waals surface area (Å²) >= 11 is 3.34. The van der Waals surface area contributed by atoms with E-state index in [2.05, 4.69) is 50.3 Å². The van der Waals surface area contributed by atoms with Crippen molar-refractivity contribution in [3.63, 3.8) is 0 Å². The Labute approximate surface area is 150 Å². The summed E-state index contributed by atoms with van der Waals surface area (Å²) in [7, 11) is 0. The largest absolute Gasteiger partial charge is 0.365 e. The molecule has 0 radical (unpaired) electrons. The lowest BCUT2D eigenvalue weighted by Crippen LogP contribution is -2.33. The molecule has 0 unspecified atom stereocenters. The van der Waals surface area contributed by atoms with Crippen molar-refractivity contribution in [1.29, 1.82) is 0 Å². The molecule has 0 spiro atoms. The van der Waals surface area contributed by atoms with Crippen molar-refractivity contribution < 1.29 is 9.63 Å². The molecule has 0 bridgehead atoms. The SMILES string of the molecule is O=C(ON=C1CCN(Cc2ccccc2)CC1)c1ccc(Br)cc1. The van der Waals surface area contributed by atoms with E-state index in [-0.39, 0.29) is 0 Å². The van der Waals surface area contributed by atoms with E-state index in [0.717, 1.165) is 42.7 Å². The van der Waals surface area contributed by atoms with Gasteiger partial charge in [-0.2, -0.15) is 0 Å². The van der Waals surface area contributed by atoms with E-state index in [1.165, 1.54) is 5.56 Å². The fourth-order valence-electron chi connectivity index (χ4n) is 2.65. The maximum Gasteiger partial charge on any atom is 0.365 e. The molecule has 2 aromatic carbocycles.